The third-order valence-corrected chi connectivity index (χ3v) is 5.84. The molecule has 0 rings (SSSR count). The summed E-state index contributed by atoms with van der Waals surface area (Å²) in [6, 6.07) is -1.46. The summed E-state index contributed by atoms with van der Waals surface area (Å²) < 4.78 is 21.1. The second-order valence-corrected chi connectivity index (χ2v) is 9.44. The minimum atomic E-state index is -1.24. The van der Waals surface area contributed by atoms with Gasteiger partial charge in [-0.1, -0.05) is 13.3 Å². The molecule has 16 nitrogen and oxygen atoms in total. The van der Waals surface area contributed by atoms with Crippen LogP contribution in [0.4, 0.5) is 0 Å². The van der Waals surface area contributed by atoms with Crippen molar-refractivity contribution in [2.45, 2.75) is 57.5 Å². The van der Waals surface area contributed by atoms with E-state index in [9.17, 15) is 29.1 Å². The molecule has 0 fully saturated rings. The Hall–Kier alpha value is -2.89. The molecule has 0 saturated carbocycles. The maximum atomic E-state index is 12.0. The van der Waals surface area contributed by atoms with Crippen LogP contribution in [-0.4, -0.2) is 138 Å². The van der Waals surface area contributed by atoms with Gasteiger partial charge in [0.25, 0.3) is 0 Å². The lowest BCUT2D eigenvalue weighted by atomic mass is 10.1. The van der Waals surface area contributed by atoms with Crippen molar-refractivity contribution in [3.05, 3.63) is 0 Å². The molecule has 16 heteroatoms. The number of carbonyl (C=O) groups is 5. The molecule has 250 valence electrons. The number of carbonyl (C=O) groups excluding carboxylic acids is 4. The van der Waals surface area contributed by atoms with Crippen LogP contribution < -0.4 is 26.6 Å². The van der Waals surface area contributed by atoms with Gasteiger partial charge in [-0.3, -0.25) is 19.2 Å². The van der Waals surface area contributed by atoms with Gasteiger partial charge in [-0.25, -0.2) is 4.79 Å². The number of amides is 4. The standard InChI is InChI=1S/C27H51N5O11/c1-3-4-9-29-25(36)19-42-16-15-41-13-11-31-26(37)20-43-17-14-40-12-10-30-23(34)8-6-22(27(38)39)32-24(35)7-5-21(18-33)28-2/h21-22,28,33H,3-20H2,1-2H3,(H,29,36)(H,30,34)(H,31,37)(H,32,35)(H,38,39)/t21-,22-/m0/s1. The fourth-order valence-electron chi connectivity index (χ4n) is 3.32. The molecule has 0 aliphatic carbocycles. The summed E-state index contributed by atoms with van der Waals surface area (Å²) in [6.45, 7) is 4.35. The van der Waals surface area contributed by atoms with Gasteiger partial charge >= 0.3 is 5.97 Å². The Morgan fingerprint density at radius 1 is 0.674 bits per heavy atom. The van der Waals surface area contributed by atoms with Crippen LogP contribution in [-0.2, 0) is 42.9 Å². The summed E-state index contributed by atoms with van der Waals surface area (Å²) >= 11 is 0. The number of carboxylic acids is 1. The summed E-state index contributed by atoms with van der Waals surface area (Å²) in [4.78, 5) is 58.6. The second kappa shape index (κ2) is 27.9. The quantitative estimate of drug-likeness (QED) is 0.0447. The summed E-state index contributed by atoms with van der Waals surface area (Å²) in [5.41, 5.74) is 0. The largest absolute Gasteiger partial charge is 0.480 e. The van der Waals surface area contributed by atoms with Crippen molar-refractivity contribution in [3.63, 3.8) is 0 Å². The average Bonchev–Trinajstić information content (AvgIpc) is 2.98. The van der Waals surface area contributed by atoms with Gasteiger partial charge < -0.3 is 55.7 Å². The molecule has 4 amide bonds. The van der Waals surface area contributed by atoms with Crippen LogP contribution in [0, 0.1) is 0 Å². The van der Waals surface area contributed by atoms with Gasteiger partial charge in [0.1, 0.15) is 19.3 Å². The van der Waals surface area contributed by atoms with Crippen molar-refractivity contribution >= 4 is 29.6 Å². The van der Waals surface area contributed by atoms with Crippen LogP contribution in [0.3, 0.4) is 0 Å². The number of carboxylic acid groups (broad SMARTS) is 1. The molecule has 0 saturated heterocycles. The summed E-state index contributed by atoms with van der Waals surface area (Å²) in [5.74, 6) is -2.55. The minimum Gasteiger partial charge on any atom is -0.480 e. The topological polar surface area (TPSA) is 223 Å². The molecule has 2 atom stereocenters. The van der Waals surface area contributed by atoms with Crippen LogP contribution in [0.5, 0.6) is 0 Å². The van der Waals surface area contributed by atoms with Gasteiger partial charge in [0.05, 0.1) is 46.2 Å². The zero-order valence-corrected chi connectivity index (χ0v) is 25.5. The van der Waals surface area contributed by atoms with E-state index in [-0.39, 0.29) is 95.8 Å². The molecular formula is C27H51N5O11. The molecule has 0 aromatic rings. The van der Waals surface area contributed by atoms with E-state index in [0.717, 1.165) is 12.8 Å². The first-order valence-corrected chi connectivity index (χ1v) is 14.6. The Morgan fingerprint density at radius 3 is 1.70 bits per heavy atom. The number of hydrogen-bond donors (Lipinski definition) is 7. The number of aliphatic hydroxyl groups is 1. The van der Waals surface area contributed by atoms with E-state index in [1.54, 1.807) is 7.05 Å². The molecule has 0 unspecified atom stereocenters. The smallest absolute Gasteiger partial charge is 0.326 e. The number of aliphatic hydroxyl groups excluding tert-OH is 1. The van der Waals surface area contributed by atoms with E-state index in [1.165, 1.54) is 0 Å². The van der Waals surface area contributed by atoms with Gasteiger partial charge in [-0.2, -0.15) is 0 Å². The van der Waals surface area contributed by atoms with Crippen molar-refractivity contribution in [1.82, 2.24) is 26.6 Å². The number of likely N-dealkylation sites (N-methyl/N-ethyl adjacent to an activating group) is 1. The first-order chi connectivity index (χ1) is 20.7. The Labute approximate surface area is 253 Å². The van der Waals surface area contributed by atoms with Crippen LogP contribution >= 0.6 is 0 Å². The monoisotopic (exact) mass is 621 g/mol. The number of aliphatic carboxylic acids is 1. The number of rotatable bonds is 29. The summed E-state index contributed by atoms with van der Waals surface area (Å²) in [6.07, 6.45) is 2.17. The van der Waals surface area contributed by atoms with Crippen LogP contribution in [0.25, 0.3) is 0 Å². The lowest BCUT2D eigenvalue weighted by Gasteiger charge is -2.16. The van der Waals surface area contributed by atoms with Gasteiger partial charge in [0.2, 0.25) is 23.6 Å². The molecule has 43 heavy (non-hydrogen) atoms. The maximum absolute atomic E-state index is 12.0. The number of ether oxygens (including phenoxy) is 4. The normalized spacial score (nSPS) is 12.3. The average molecular weight is 622 g/mol. The lowest BCUT2D eigenvalue weighted by molar-refractivity contribution is -0.142. The van der Waals surface area contributed by atoms with Gasteiger partial charge in [-0.15, -0.1) is 0 Å². The van der Waals surface area contributed by atoms with E-state index >= 15 is 0 Å². The van der Waals surface area contributed by atoms with Gasteiger partial charge in [-0.05, 0) is 26.3 Å². The van der Waals surface area contributed by atoms with Crippen LogP contribution in [0.2, 0.25) is 0 Å². The van der Waals surface area contributed by atoms with Crippen LogP contribution in [0.15, 0.2) is 0 Å². The fourth-order valence-corrected chi connectivity index (χ4v) is 3.32. The molecule has 0 radical (unpaired) electrons. The minimum absolute atomic E-state index is 0.0110. The van der Waals surface area contributed by atoms with Crippen molar-refractivity contribution in [2.24, 2.45) is 0 Å². The van der Waals surface area contributed by atoms with E-state index < -0.39 is 17.9 Å². The fraction of sp³-hybridized carbons (Fsp3) is 0.815. The highest BCUT2D eigenvalue weighted by molar-refractivity contribution is 5.84. The van der Waals surface area contributed by atoms with E-state index in [4.69, 9.17) is 24.1 Å². The Balaban J connectivity index is 3.69. The first-order valence-electron chi connectivity index (χ1n) is 14.6. The third kappa shape index (κ3) is 25.3. The number of hydrogen-bond acceptors (Lipinski definition) is 11. The molecule has 0 aromatic carbocycles. The number of unbranched alkanes of at least 4 members (excludes halogenated alkanes) is 1. The van der Waals surface area contributed by atoms with Crippen molar-refractivity contribution in [2.75, 3.05) is 86.1 Å². The highest BCUT2D eigenvalue weighted by Gasteiger charge is 2.21. The SMILES string of the molecule is CCCCNC(=O)COCCOCCNC(=O)COCCOCCNC(=O)CC[C@H](NC(=O)CC[C@@H](CO)NC)C(=O)O. The molecule has 0 aliphatic rings. The van der Waals surface area contributed by atoms with E-state index in [1.807, 2.05) is 6.92 Å². The zero-order chi connectivity index (χ0) is 32.1. The molecule has 0 aliphatic heterocycles. The maximum Gasteiger partial charge on any atom is 0.326 e. The Bertz CT molecular complexity index is 784. The molecule has 0 spiro atoms. The third-order valence-electron chi connectivity index (χ3n) is 5.84. The van der Waals surface area contributed by atoms with Gasteiger partial charge in [0, 0.05) is 38.5 Å². The van der Waals surface area contributed by atoms with Gasteiger partial charge in [0.15, 0.2) is 0 Å². The molecular weight excluding hydrogens is 570 g/mol. The predicted molar refractivity (Wildman–Crippen MR) is 155 cm³/mol. The molecule has 7 N–H and O–H groups in total. The molecule has 0 heterocycles. The Kier molecular flexibility index (Phi) is 26.0. The molecule has 0 aromatic heterocycles. The van der Waals surface area contributed by atoms with Crippen molar-refractivity contribution in [1.29, 1.82) is 0 Å². The summed E-state index contributed by atoms with van der Waals surface area (Å²) in [7, 11) is 1.65. The first kappa shape index (κ1) is 40.1. The van der Waals surface area contributed by atoms with Crippen LogP contribution in [0.1, 0.15) is 45.4 Å². The number of nitrogens with one attached hydrogen (secondary N) is 5. The highest BCUT2D eigenvalue weighted by atomic mass is 16.5. The Morgan fingerprint density at radius 2 is 1.19 bits per heavy atom. The van der Waals surface area contributed by atoms with Crippen molar-refractivity contribution in [3.8, 4) is 0 Å². The lowest BCUT2D eigenvalue weighted by Crippen LogP contribution is -2.42. The second-order valence-electron chi connectivity index (χ2n) is 9.44. The van der Waals surface area contributed by atoms with E-state index in [2.05, 4.69) is 26.6 Å². The molecule has 0 bridgehead atoms. The zero-order valence-electron chi connectivity index (χ0n) is 25.5. The predicted octanol–water partition coefficient (Wildman–Crippen LogP) is -2.09. The highest BCUT2D eigenvalue weighted by Crippen LogP contribution is 2.02. The van der Waals surface area contributed by atoms with E-state index in [0.29, 0.717) is 32.7 Å². The van der Waals surface area contributed by atoms with Crippen molar-refractivity contribution < 1.29 is 53.1 Å². The summed E-state index contributed by atoms with van der Waals surface area (Å²) in [5, 5.41) is 31.7.